The molecular weight excluding hydrogens is 378 g/mol. The van der Waals surface area contributed by atoms with E-state index >= 15 is 0 Å². The van der Waals surface area contributed by atoms with E-state index in [-0.39, 0.29) is 17.9 Å². The van der Waals surface area contributed by atoms with Crippen LogP contribution in [0.3, 0.4) is 0 Å². The molecule has 0 aromatic carbocycles. The van der Waals surface area contributed by atoms with Crippen molar-refractivity contribution in [2.45, 2.75) is 45.1 Å². The predicted molar refractivity (Wildman–Crippen MR) is 113 cm³/mol. The van der Waals surface area contributed by atoms with Gasteiger partial charge in [-0.2, -0.15) is 5.26 Å². The van der Waals surface area contributed by atoms with Crippen LogP contribution in [0.25, 0.3) is 16.6 Å². The van der Waals surface area contributed by atoms with Gasteiger partial charge in [-0.1, -0.05) is 13.0 Å². The van der Waals surface area contributed by atoms with Gasteiger partial charge in [-0.3, -0.25) is 14.5 Å². The number of amides is 2. The fraction of sp³-hybridized carbons (Fsp3) is 0.478. The van der Waals surface area contributed by atoms with Crippen LogP contribution < -0.4 is 4.90 Å². The van der Waals surface area contributed by atoms with E-state index < -0.39 is 5.41 Å². The van der Waals surface area contributed by atoms with Gasteiger partial charge in [0.05, 0.1) is 11.5 Å². The first-order chi connectivity index (χ1) is 14.5. The Kier molecular flexibility index (Phi) is 4.39. The monoisotopic (exact) mass is 403 g/mol. The van der Waals surface area contributed by atoms with Gasteiger partial charge < -0.3 is 9.88 Å². The SMILES string of the molecule is C[C@@H]1CN(C(=O)CC2(C#N)CC2)CC=C1c1cc(N(C=O)C2CC2)nc2[nH]ccc12. The van der Waals surface area contributed by atoms with Gasteiger partial charge in [0.1, 0.15) is 11.5 Å². The second kappa shape index (κ2) is 6.98. The summed E-state index contributed by atoms with van der Waals surface area (Å²) in [5.74, 6) is 0.895. The summed E-state index contributed by atoms with van der Waals surface area (Å²) < 4.78 is 0. The number of carbonyl (C=O) groups excluding carboxylic acids is 2. The zero-order valence-corrected chi connectivity index (χ0v) is 17.1. The molecule has 2 aromatic heterocycles. The van der Waals surface area contributed by atoms with Crippen LogP contribution >= 0.6 is 0 Å². The molecule has 0 radical (unpaired) electrons. The fourth-order valence-corrected chi connectivity index (χ4v) is 4.45. The summed E-state index contributed by atoms with van der Waals surface area (Å²) in [6.45, 7) is 3.30. The Morgan fingerprint density at radius 2 is 2.27 bits per heavy atom. The van der Waals surface area contributed by atoms with Crippen LogP contribution in [-0.2, 0) is 9.59 Å². The summed E-state index contributed by atoms with van der Waals surface area (Å²) in [6, 6.07) is 6.59. The van der Waals surface area contributed by atoms with Crippen molar-refractivity contribution >= 4 is 34.7 Å². The highest BCUT2D eigenvalue weighted by molar-refractivity contribution is 5.94. The van der Waals surface area contributed by atoms with Crippen LogP contribution in [0, 0.1) is 22.7 Å². The Morgan fingerprint density at radius 1 is 1.47 bits per heavy atom. The lowest BCUT2D eigenvalue weighted by Gasteiger charge is -2.32. The van der Waals surface area contributed by atoms with Crippen molar-refractivity contribution in [3.63, 3.8) is 0 Å². The Balaban J connectivity index is 1.44. The van der Waals surface area contributed by atoms with Gasteiger partial charge in [-0.05, 0) is 54.9 Å². The first-order valence-electron chi connectivity index (χ1n) is 10.6. The maximum Gasteiger partial charge on any atom is 0.224 e. The Hall–Kier alpha value is -3.14. The van der Waals surface area contributed by atoms with Crippen molar-refractivity contribution in [3.8, 4) is 6.07 Å². The second-order valence-corrected chi connectivity index (χ2v) is 8.94. The van der Waals surface area contributed by atoms with Crippen molar-refractivity contribution in [2.75, 3.05) is 18.0 Å². The molecule has 0 saturated heterocycles. The number of nitriles is 1. The number of aromatic nitrogens is 2. The molecule has 1 aliphatic heterocycles. The van der Waals surface area contributed by atoms with Gasteiger partial charge >= 0.3 is 0 Å². The summed E-state index contributed by atoms with van der Waals surface area (Å²) in [5, 5.41) is 10.3. The lowest BCUT2D eigenvalue weighted by Crippen LogP contribution is -2.39. The number of nitrogens with zero attached hydrogens (tertiary/aromatic N) is 4. The molecule has 0 unspecified atom stereocenters. The molecule has 2 saturated carbocycles. The molecule has 3 aliphatic rings. The van der Waals surface area contributed by atoms with E-state index in [2.05, 4.69) is 29.0 Å². The maximum absolute atomic E-state index is 12.7. The van der Waals surface area contributed by atoms with Crippen LogP contribution in [0.2, 0.25) is 0 Å². The minimum absolute atomic E-state index is 0.0688. The van der Waals surface area contributed by atoms with Crippen molar-refractivity contribution in [3.05, 3.63) is 30.0 Å². The second-order valence-electron chi connectivity index (χ2n) is 8.94. The predicted octanol–water partition coefficient (Wildman–Crippen LogP) is 3.24. The maximum atomic E-state index is 12.7. The number of fused-ring (bicyclic) bond motifs is 1. The van der Waals surface area contributed by atoms with E-state index in [4.69, 9.17) is 0 Å². The first-order valence-corrected chi connectivity index (χ1v) is 10.6. The summed E-state index contributed by atoms with van der Waals surface area (Å²) >= 11 is 0. The molecule has 0 spiro atoms. The van der Waals surface area contributed by atoms with Crippen LogP contribution in [0.4, 0.5) is 5.82 Å². The summed E-state index contributed by atoms with van der Waals surface area (Å²) in [5.41, 5.74) is 2.60. The van der Waals surface area contributed by atoms with Gasteiger partial charge in [0.2, 0.25) is 12.3 Å². The number of hydrogen-bond acceptors (Lipinski definition) is 4. The van der Waals surface area contributed by atoms with E-state index in [0.29, 0.717) is 25.3 Å². The van der Waals surface area contributed by atoms with Gasteiger partial charge in [0.25, 0.3) is 0 Å². The first kappa shape index (κ1) is 18.9. The highest BCUT2D eigenvalue weighted by Gasteiger charge is 2.46. The van der Waals surface area contributed by atoms with Gasteiger partial charge in [0, 0.05) is 37.1 Å². The number of rotatable bonds is 6. The number of aromatic amines is 1. The molecule has 154 valence electrons. The molecule has 0 bridgehead atoms. The average molecular weight is 403 g/mol. The third-order valence-electron chi connectivity index (χ3n) is 6.63. The smallest absolute Gasteiger partial charge is 0.224 e. The van der Waals surface area contributed by atoms with Gasteiger partial charge in [-0.15, -0.1) is 0 Å². The average Bonchev–Trinajstić information content (AvgIpc) is 3.67. The highest BCUT2D eigenvalue weighted by atomic mass is 16.2. The molecule has 7 heteroatoms. The molecule has 3 heterocycles. The van der Waals surface area contributed by atoms with E-state index in [1.165, 1.54) is 5.57 Å². The van der Waals surface area contributed by atoms with Gasteiger partial charge in [0.15, 0.2) is 0 Å². The van der Waals surface area contributed by atoms with Crippen molar-refractivity contribution < 1.29 is 9.59 Å². The standard InChI is InChI=1S/C23H25N5O2/c1-15-12-27(21(30)11-23(13-24)6-7-23)9-5-17(15)19-10-20(28(14-29)16-2-3-16)26-22-18(19)4-8-25-22/h4-5,8,10,14-16H,2-3,6-7,9,11-12H2,1H3,(H,25,26)/t15-/m1/s1. The molecule has 2 aliphatic carbocycles. The molecule has 5 rings (SSSR count). The minimum atomic E-state index is -0.414. The zero-order chi connectivity index (χ0) is 20.9. The molecule has 2 fully saturated rings. The zero-order valence-electron chi connectivity index (χ0n) is 17.1. The normalized spacial score (nSPS) is 22.3. The fourth-order valence-electron chi connectivity index (χ4n) is 4.45. The highest BCUT2D eigenvalue weighted by Crippen LogP contribution is 2.48. The molecule has 2 aromatic rings. The number of carbonyl (C=O) groups is 2. The van der Waals surface area contributed by atoms with E-state index in [1.807, 2.05) is 23.2 Å². The topological polar surface area (TPSA) is 93.1 Å². The quantitative estimate of drug-likeness (QED) is 0.750. The van der Waals surface area contributed by atoms with E-state index in [0.717, 1.165) is 48.7 Å². The van der Waals surface area contributed by atoms with Crippen molar-refractivity contribution in [1.29, 1.82) is 5.26 Å². The van der Waals surface area contributed by atoms with E-state index in [9.17, 15) is 14.9 Å². The van der Waals surface area contributed by atoms with Crippen LogP contribution in [0.5, 0.6) is 0 Å². The lowest BCUT2D eigenvalue weighted by molar-refractivity contribution is -0.132. The van der Waals surface area contributed by atoms with Crippen LogP contribution in [-0.4, -0.2) is 46.3 Å². The molecule has 30 heavy (non-hydrogen) atoms. The van der Waals surface area contributed by atoms with Crippen LogP contribution in [0.15, 0.2) is 24.4 Å². The lowest BCUT2D eigenvalue weighted by atomic mass is 9.89. The van der Waals surface area contributed by atoms with Crippen molar-refractivity contribution in [1.82, 2.24) is 14.9 Å². The number of H-pyrrole nitrogens is 1. The third kappa shape index (κ3) is 3.26. The van der Waals surface area contributed by atoms with E-state index in [1.54, 1.807) is 4.90 Å². The Bertz CT molecular complexity index is 1090. The Morgan fingerprint density at radius 3 is 2.90 bits per heavy atom. The summed E-state index contributed by atoms with van der Waals surface area (Å²) in [6.07, 6.45) is 8.88. The minimum Gasteiger partial charge on any atom is -0.346 e. The summed E-state index contributed by atoms with van der Waals surface area (Å²) in [4.78, 5) is 35.8. The number of pyridine rings is 1. The largest absolute Gasteiger partial charge is 0.346 e. The number of anilines is 1. The number of hydrogen-bond donors (Lipinski definition) is 1. The summed E-state index contributed by atoms with van der Waals surface area (Å²) in [7, 11) is 0. The number of nitrogens with one attached hydrogen (secondary N) is 1. The molecular formula is C23H25N5O2. The Labute approximate surface area is 175 Å². The van der Waals surface area contributed by atoms with Gasteiger partial charge in [-0.25, -0.2) is 4.98 Å². The molecule has 1 N–H and O–H groups in total. The third-order valence-corrected chi connectivity index (χ3v) is 6.63. The van der Waals surface area contributed by atoms with Crippen LogP contribution in [0.1, 0.15) is 44.6 Å². The molecule has 2 amide bonds. The van der Waals surface area contributed by atoms with Crippen molar-refractivity contribution in [2.24, 2.45) is 11.3 Å². The molecule has 1 atom stereocenters. The molecule has 7 nitrogen and oxygen atoms in total.